The van der Waals surface area contributed by atoms with Crippen molar-refractivity contribution >= 4 is 11.7 Å². The summed E-state index contributed by atoms with van der Waals surface area (Å²) in [4.78, 5) is 22.8. The number of aliphatic imine (C=N–C) groups is 1. The van der Waals surface area contributed by atoms with Gasteiger partial charge in [0.05, 0.1) is 23.7 Å². The van der Waals surface area contributed by atoms with Crippen LogP contribution in [0.5, 0.6) is 0 Å². The molecule has 2 atom stereocenters. The van der Waals surface area contributed by atoms with Gasteiger partial charge in [0.2, 0.25) is 5.91 Å². The first kappa shape index (κ1) is 25.7. The lowest BCUT2D eigenvalue weighted by atomic mass is 9.76. The number of rotatable bonds is 7. The lowest BCUT2D eigenvalue weighted by Gasteiger charge is -2.32. The summed E-state index contributed by atoms with van der Waals surface area (Å²) >= 11 is 0. The van der Waals surface area contributed by atoms with Crippen LogP contribution in [0.4, 0.5) is 0 Å². The van der Waals surface area contributed by atoms with Gasteiger partial charge in [0.25, 0.3) is 0 Å². The number of carbonyl (C=O) groups excluding carboxylic acids is 1. The molecule has 0 aromatic heterocycles. The predicted molar refractivity (Wildman–Crippen MR) is 148 cm³/mol. The maximum absolute atomic E-state index is 13.3. The van der Waals surface area contributed by atoms with Crippen LogP contribution in [-0.2, 0) is 4.79 Å². The summed E-state index contributed by atoms with van der Waals surface area (Å²) in [5.74, 6) is 2.21. The van der Waals surface area contributed by atoms with E-state index in [-0.39, 0.29) is 5.91 Å². The highest BCUT2D eigenvalue weighted by atomic mass is 16.2. The number of amidine groups is 1. The van der Waals surface area contributed by atoms with Crippen molar-refractivity contribution in [1.82, 2.24) is 15.1 Å². The molecule has 3 fully saturated rings. The van der Waals surface area contributed by atoms with Crippen LogP contribution in [0, 0.1) is 17.2 Å². The van der Waals surface area contributed by atoms with Crippen LogP contribution in [0.1, 0.15) is 75.3 Å². The third kappa shape index (κ3) is 5.83. The first-order chi connectivity index (χ1) is 18.1. The van der Waals surface area contributed by atoms with Gasteiger partial charge in [0.1, 0.15) is 5.84 Å². The van der Waals surface area contributed by atoms with Gasteiger partial charge >= 0.3 is 0 Å². The van der Waals surface area contributed by atoms with Crippen LogP contribution in [0.2, 0.25) is 0 Å². The Morgan fingerprint density at radius 2 is 1.86 bits per heavy atom. The van der Waals surface area contributed by atoms with E-state index < -0.39 is 0 Å². The molecule has 0 radical (unpaired) electrons. The number of hydrogen-bond acceptors (Lipinski definition) is 5. The lowest BCUT2D eigenvalue weighted by molar-refractivity contribution is -0.127. The van der Waals surface area contributed by atoms with Gasteiger partial charge in [-0.05, 0) is 81.2 Å². The lowest BCUT2D eigenvalue weighted by Crippen LogP contribution is -2.48. The van der Waals surface area contributed by atoms with E-state index in [1.165, 1.54) is 36.0 Å². The van der Waals surface area contributed by atoms with E-state index in [1.807, 2.05) is 23.1 Å². The Bertz CT molecular complexity index is 1100. The normalized spacial score (nSPS) is 25.6. The van der Waals surface area contributed by atoms with Gasteiger partial charge in [0.15, 0.2) is 0 Å². The Hall–Kier alpha value is -2.91. The van der Waals surface area contributed by atoms with Crippen molar-refractivity contribution in [2.45, 2.75) is 76.3 Å². The largest absolute Gasteiger partial charge is 0.364 e. The first-order valence-electron chi connectivity index (χ1n) is 14.3. The minimum atomic E-state index is 0.107. The Kier molecular flexibility index (Phi) is 8.10. The molecule has 1 amide bonds. The van der Waals surface area contributed by atoms with Crippen molar-refractivity contribution in [2.75, 3.05) is 33.2 Å². The molecule has 6 heteroatoms. The van der Waals surface area contributed by atoms with Gasteiger partial charge in [-0.15, -0.1) is 0 Å². The summed E-state index contributed by atoms with van der Waals surface area (Å²) in [6, 6.07) is 10.8. The topological polar surface area (TPSA) is 71.7 Å². The maximum atomic E-state index is 13.3. The van der Waals surface area contributed by atoms with E-state index in [0.717, 1.165) is 64.1 Å². The molecule has 2 unspecified atom stereocenters. The molecule has 0 spiro atoms. The number of likely N-dealkylation sites (N-methyl/N-ethyl adjacent to an activating group) is 1. The molecule has 3 heterocycles. The number of nitriles is 1. The van der Waals surface area contributed by atoms with Gasteiger partial charge in [-0.3, -0.25) is 9.79 Å². The monoisotopic (exact) mass is 499 g/mol. The first-order valence-corrected chi connectivity index (χ1v) is 14.3. The zero-order valence-electron chi connectivity index (χ0n) is 22.5. The van der Waals surface area contributed by atoms with E-state index in [4.69, 9.17) is 10.3 Å². The molecule has 6 nitrogen and oxygen atoms in total. The molecule has 196 valence electrons. The standard InChI is InChI=1S/C31H41N5O/c1-3-5-26(25-6-4-7-25)27(31-33-28-16-17-35(2)21-29(28)34-31)12-13-30(37)36-18-14-24(15-19-36)23-10-8-22(20-32)9-11-23/h8-13,24-25,28-29H,3-7,14-19,21H2,1-2H3,(H,33,34)/b13-12+,27-26-. The Morgan fingerprint density at radius 1 is 1.11 bits per heavy atom. The number of fused-ring (bicyclic) bond motifs is 1. The number of hydrogen-bond donors (Lipinski definition) is 1. The van der Waals surface area contributed by atoms with Crippen LogP contribution in [0.15, 0.2) is 52.6 Å². The van der Waals surface area contributed by atoms with Crippen molar-refractivity contribution < 1.29 is 4.79 Å². The van der Waals surface area contributed by atoms with Crippen LogP contribution >= 0.6 is 0 Å². The fraction of sp³-hybridized carbons (Fsp3) is 0.581. The molecule has 1 N–H and O–H groups in total. The number of likely N-dealkylation sites (tertiary alicyclic amines) is 2. The second-order valence-corrected chi connectivity index (χ2v) is 11.3. The molecule has 4 aliphatic rings. The minimum absolute atomic E-state index is 0.107. The van der Waals surface area contributed by atoms with E-state index in [2.05, 4.69) is 48.5 Å². The van der Waals surface area contributed by atoms with Crippen molar-refractivity contribution in [3.63, 3.8) is 0 Å². The van der Waals surface area contributed by atoms with Crippen LogP contribution < -0.4 is 5.32 Å². The molecular weight excluding hydrogens is 458 g/mol. The van der Waals surface area contributed by atoms with Crippen molar-refractivity contribution in [2.24, 2.45) is 10.9 Å². The van der Waals surface area contributed by atoms with Crippen molar-refractivity contribution in [3.05, 3.63) is 58.7 Å². The third-order valence-electron chi connectivity index (χ3n) is 8.83. The highest BCUT2D eigenvalue weighted by molar-refractivity contribution is 6.04. The van der Waals surface area contributed by atoms with E-state index in [0.29, 0.717) is 29.5 Å². The summed E-state index contributed by atoms with van der Waals surface area (Å²) in [5, 5.41) is 12.8. The number of piperidine rings is 2. The third-order valence-corrected chi connectivity index (χ3v) is 8.83. The average molecular weight is 500 g/mol. The number of carbonyl (C=O) groups is 1. The summed E-state index contributed by atoms with van der Waals surface area (Å²) in [6.07, 6.45) is 12.9. The van der Waals surface area contributed by atoms with Crippen molar-refractivity contribution in [1.29, 1.82) is 5.26 Å². The Balaban J connectivity index is 1.29. The predicted octanol–water partition coefficient (Wildman–Crippen LogP) is 4.79. The van der Waals surface area contributed by atoms with E-state index >= 15 is 0 Å². The zero-order valence-corrected chi connectivity index (χ0v) is 22.5. The second kappa shape index (κ2) is 11.6. The molecular formula is C31H41N5O. The summed E-state index contributed by atoms with van der Waals surface area (Å²) < 4.78 is 0. The molecule has 1 aliphatic carbocycles. The number of amides is 1. The molecule has 1 saturated carbocycles. The van der Waals surface area contributed by atoms with Gasteiger partial charge in [-0.25, -0.2) is 0 Å². The maximum Gasteiger partial charge on any atom is 0.246 e. The minimum Gasteiger partial charge on any atom is -0.364 e. The Labute approximate surface area is 222 Å². The SMILES string of the molecule is CCC/C(=C(\C=C\C(=O)N1CCC(c2ccc(C#N)cc2)CC1)C1=NC2CCN(C)CC2N1)C1CCC1. The molecule has 1 aromatic rings. The number of benzene rings is 1. The summed E-state index contributed by atoms with van der Waals surface area (Å²) in [7, 11) is 2.19. The second-order valence-electron chi connectivity index (χ2n) is 11.3. The number of nitrogens with zero attached hydrogens (tertiary/aromatic N) is 4. The van der Waals surface area contributed by atoms with Gasteiger partial charge in [-0.2, -0.15) is 5.26 Å². The molecule has 37 heavy (non-hydrogen) atoms. The zero-order chi connectivity index (χ0) is 25.8. The fourth-order valence-electron chi connectivity index (χ4n) is 6.37. The van der Waals surface area contributed by atoms with Gasteiger partial charge in [-0.1, -0.05) is 37.5 Å². The average Bonchev–Trinajstić information content (AvgIpc) is 3.30. The molecule has 0 bridgehead atoms. The van der Waals surface area contributed by atoms with E-state index in [1.54, 1.807) is 0 Å². The molecule has 3 aliphatic heterocycles. The van der Waals surface area contributed by atoms with Crippen LogP contribution in [0.3, 0.4) is 0 Å². The van der Waals surface area contributed by atoms with Gasteiger partial charge in [0, 0.05) is 37.8 Å². The summed E-state index contributed by atoms with van der Waals surface area (Å²) in [5.41, 5.74) is 4.65. The number of allylic oxidation sites excluding steroid dienone is 1. The number of nitrogens with one attached hydrogen (secondary N) is 1. The molecule has 1 aromatic carbocycles. The highest BCUT2D eigenvalue weighted by Crippen LogP contribution is 2.38. The van der Waals surface area contributed by atoms with Crippen LogP contribution in [0.25, 0.3) is 0 Å². The van der Waals surface area contributed by atoms with Crippen LogP contribution in [-0.4, -0.2) is 66.9 Å². The fourth-order valence-corrected chi connectivity index (χ4v) is 6.37. The molecule has 5 rings (SSSR count). The molecule has 2 saturated heterocycles. The Morgan fingerprint density at radius 3 is 2.51 bits per heavy atom. The highest BCUT2D eigenvalue weighted by Gasteiger charge is 2.35. The van der Waals surface area contributed by atoms with Crippen molar-refractivity contribution in [3.8, 4) is 6.07 Å². The van der Waals surface area contributed by atoms with E-state index in [9.17, 15) is 4.79 Å². The quantitative estimate of drug-likeness (QED) is 0.432. The smallest absolute Gasteiger partial charge is 0.246 e. The summed E-state index contributed by atoms with van der Waals surface area (Å²) in [6.45, 7) is 5.91. The van der Waals surface area contributed by atoms with Gasteiger partial charge < -0.3 is 15.1 Å².